The van der Waals surface area contributed by atoms with Crippen LogP contribution in [0.5, 0.6) is 0 Å². The molecule has 0 bridgehead atoms. The number of benzene rings is 1. The van der Waals surface area contributed by atoms with Gasteiger partial charge in [-0.1, -0.05) is 20.8 Å². The molecule has 1 aromatic carbocycles. The molecule has 3 fully saturated rings. The van der Waals surface area contributed by atoms with Crippen molar-refractivity contribution in [1.82, 2.24) is 24.3 Å². The lowest BCUT2D eigenvalue weighted by atomic mass is 9.60. The van der Waals surface area contributed by atoms with E-state index < -0.39 is 5.82 Å². The molecule has 3 aromatic rings. The smallest absolute Gasteiger partial charge is 0.256 e. The molecule has 0 spiro atoms. The Labute approximate surface area is 255 Å². The molecule has 2 amide bonds. The predicted molar refractivity (Wildman–Crippen MR) is 168 cm³/mol. The molecule has 4 unspecified atom stereocenters. The average Bonchev–Trinajstić information content (AvgIpc) is 3.35. The van der Waals surface area contributed by atoms with Crippen molar-refractivity contribution in [3.8, 4) is 5.69 Å². The van der Waals surface area contributed by atoms with Crippen LogP contribution in [0.2, 0.25) is 0 Å². The van der Waals surface area contributed by atoms with E-state index in [1.54, 1.807) is 24.9 Å². The third-order valence-electron chi connectivity index (χ3n) is 11.9. The summed E-state index contributed by atoms with van der Waals surface area (Å²) in [7, 11) is 1.75. The first kappa shape index (κ1) is 29.8. The van der Waals surface area contributed by atoms with Crippen molar-refractivity contribution in [2.45, 2.75) is 79.4 Å². The number of nitrogens with zero attached hydrogens (tertiary/aromatic N) is 5. The van der Waals surface area contributed by atoms with Crippen LogP contribution in [0.1, 0.15) is 70.0 Å². The number of likely N-dealkylation sites (tertiary alicyclic amines) is 2. The summed E-state index contributed by atoms with van der Waals surface area (Å²) in [5.74, 6) is 0.974. The Morgan fingerprint density at radius 2 is 1.84 bits per heavy atom. The van der Waals surface area contributed by atoms with Gasteiger partial charge < -0.3 is 14.4 Å². The minimum atomic E-state index is -0.428. The predicted octanol–water partition coefficient (Wildman–Crippen LogP) is 5.71. The first-order chi connectivity index (χ1) is 20.2. The molecule has 1 aliphatic carbocycles. The van der Waals surface area contributed by atoms with E-state index in [9.17, 15) is 14.0 Å². The van der Waals surface area contributed by atoms with Crippen LogP contribution in [0.25, 0.3) is 16.6 Å². The van der Waals surface area contributed by atoms with Crippen LogP contribution in [0, 0.1) is 35.9 Å². The molecule has 0 N–H and O–H groups in total. The molecular formula is C35H46FN5O2. The third-order valence-corrected chi connectivity index (χ3v) is 11.9. The van der Waals surface area contributed by atoms with Gasteiger partial charge in [0, 0.05) is 68.9 Å². The second kappa shape index (κ2) is 10.1. The summed E-state index contributed by atoms with van der Waals surface area (Å²) < 4.78 is 16.5. The Morgan fingerprint density at radius 3 is 2.49 bits per heavy atom. The van der Waals surface area contributed by atoms with Gasteiger partial charge in [-0.2, -0.15) is 0 Å². The van der Waals surface area contributed by atoms with Gasteiger partial charge in [0.2, 0.25) is 5.91 Å². The second-order valence-electron chi connectivity index (χ2n) is 14.3. The summed E-state index contributed by atoms with van der Waals surface area (Å²) in [4.78, 5) is 36.8. The van der Waals surface area contributed by atoms with Crippen LogP contribution < -0.4 is 0 Å². The van der Waals surface area contributed by atoms with Crippen LogP contribution in [0.3, 0.4) is 0 Å². The van der Waals surface area contributed by atoms with Crippen molar-refractivity contribution in [3.63, 3.8) is 0 Å². The second-order valence-corrected chi connectivity index (χ2v) is 14.3. The molecular weight excluding hydrogens is 541 g/mol. The highest BCUT2D eigenvalue weighted by molar-refractivity contribution is 5.99. The van der Waals surface area contributed by atoms with Gasteiger partial charge in [-0.25, -0.2) is 4.39 Å². The number of fused-ring (bicyclic) bond motifs is 2. The lowest BCUT2D eigenvalue weighted by Crippen LogP contribution is -2.73. The standard InChI is InChI=1S/C35H46FN5O2/c1-20(2)38(9)33(43)28-13-27(36)10-11-29(28)40-18-26(31-21(3)14-37-15-30(31)40)12-25-16-39(17-25)32-22(4)34(7)19-41(24(6)42)35(34,8)23(32)5/h10-11,13-15,18,20,22-23,25,32H,12,16-17,19H2,1-9H3/t22?,23?,32?,34?,35-/m0/s1. The lowest BCUT2D eigenvalue weighted by Gasteiger charge is -2.63. The van der Waals surface area contributed by atoms with Gasteiger partial charge in [0.25, 0.3) is 5.91 Å². The van der Waals surface area contributed by atoms with Crippen LogP contribution in [-0.2, 0) is 11.2 Å². The topological polar surface area (TPSA) is 61.7 Å². The molecule has 0 radical (unpaired) electrons. The molecule has 7 nitrogen and oxygen atoms in total. The molecule has 8 heteroatoms. The number of pyridine rings is 1. The fourth-order valence-corrected chi connectivity index (χ4v) is 8.86. The molecule has 2 aromatic heterocycles. The lowest BCUT2D eigenvalue weighted by molar-refractivity contribution is -0.176. The van der Waals surface area contributed by atoms with E-state index >= 15 is 0 Å². The number of halogens is 1. The van der Waals surface area contributed by atoms with E-state index in [0.717, 1.165) is 42.5 Å². The Hall–Kier alpha value is -3.26. The number of hydrogen-bond acceptors (Lipinski definition) is 4. The van der Waals surface area contributed by atoms with Crippen LogP contribution in [-0.4, -0.2) is 80.4 Å². The number of rotatable bonds is 6. The van der Waals surface area contributed by atoms with Crippen molar-refractivity contribution < 1.29 is 14.0 Å². The van der Waals surface area contributed by atoms with Gasteiger partial charge in [-0.05, 0) is 81.2 Å². The largest absolute Gasteiger partial charge is 0.339 e. The SMILES string of the molecule is CC(=O)N1CC2(C)C(C)C(N3CC(Cc4cn(-c5ccc(F)cc5C(=O)N(C)C(C)C)c5cncc(C)c45)C3)C(C)[C@]12C. The molecule has 230 valence electrons. The van der Waals surface area contributed by atoms with Crippen molar-refractivity contribution in [3.05, 3.63) is 59.3 Å². The number of hydrogen-bond donors (Lipinski definition) is 0. The summed E-state index contributed by atoms with van der Waals surface area (Å²) >= 11 is 0. The Kier molecular flexibility index (Phi) is 7.03. The average molecular weight is 588 g/mol. The molecule has 5 atom stereocenters. The van der Waals surface area contributed by atoms with Gasteiger partial charge in [-0.15, -0.1) is 0 Å². The van der Waals surface area contributed by atoms with Crippen molar-refractivity contribution in [2.24, 2.45) is 23.2 Å². The summed E-state index contributed by atoms with van der Waals surface area (Å²) in [6, 6.07) is 4.91. The molecule has 4 heterocycles. The van der Waals surface area contributed by atoms with Gasteiger partial charge in [-0.3, -0.25) is 19.5 Å². The molecule has 6 rings (SSSR count). The van der Waals surface area contributed by atoms with Crippen LogP contribution in [0.15, 0.2) is 36.8 Å². The van der Waals surface area contributed by atoms with E-state index in [2.05, 4.69) is 55.6 Å². The van der Waals surface area contributed by atoms with Gasteiger partial charge in [0.15, 0.2) is 0 Å². The first-order valence-electron chi connectivity index (χ1n) is 15.7. The number of carbonyl (C=O) groups is 2. The minimum Gasteiger partial charge on any atom is -0.339 e. The fourth-order valence-electron chi connectivity index (χ4n) is 8.86. The van der Waals surface area contributed by atoms with E-state index in [0.29, 0.717) is 35.0 Å². The Balaban J connectivity index is 1.28. The van der Waals surface area contributed by atoms with E-state index in [-0.39, 0.29) is 28.8 Å². The van der Waals surface area contributed by atoms with Crippen LogP contribution in [0.4, 0.5) is 4.39 Å². The van der Waals surface area contributed by atoms with Crippen molar-refractivity contribution >= 4 is 22.7 Å². The molecule has 2 aliphatic heterocycles. The van der Waals surface area contributed by atoms with Crippen LogP contribution >= 0.6 is 0 Å². The maximum absolute atomic E-state index is 14.5. The summed E-state index contributed by atoms with van der Waals surface area (Å²) in [6.45, 7) is 20.0. The van der Waals surface area contributed by atoms with Crippen molar-refractivity contribution in [2.75, 3.05) is 26.7 Å². The number of aromatic nitrogens is 2. The van der Waals surface area contributed by atoms with E-state index in [1.165, 1.54) is 17.7 Å². The van der Waals surface area contributed by atoms with Gasteiger partial charge >= 0.3 is 0 Å². The minimum absolute atomic E-state index is 0.0118. The highest BCUT2D eigenvalue weighted by atomic mass is 19.1. The summed E-state index contributed by atoms with van der Waals surface area (Å²) in [5, 5.41) is 1.16. The van der Waals surface area contributed by atoms with Gasteiger partial charge in [0.1, 0.15) is 5.82 Å². The summed E-state index contributed by atoms with van der Waals surface area (Å²) in [5.41, 5.74) is 4.30. The van der Waals surface area contributed by atoms with Gasteiger partial charge in [0.05, 0.1) is 28.5 Å². The first-order valence-corrected chi connectivity index (χ1v) is 15.7. The Morgan fingerprint density at radius 1 is 1.14 bits per heavy atom. The zero-order valence-electron chi connectivity index (χ0n) is 27.1. The molecule has 1 saturated carbocycles. The Bertz CT molecular complexity index is 1610. The van der Waals surface area contributed by atoms with E-state index in [1.807, 2.05) is 30.8 Å². The summed E-state index contributed by atoms with van der Waals surface area (Å²) in [6.07, 6.45) is 6.80. The highest BCUT2D eigenvalue weighted by Gasteiger charge is 2.72. The highest BCUT2D eigenvalue weighted by Crippen LogP contribution is 2.64. The maximum Gasteiger partial charge on any atom is 0.256 e. The zero-order valence-corrected chi connectivity index (χ0v) is 27.1. The number of carbonyl (C=O) groups excluding carboxylic acids is 2. The molecule has 3 aliphatic rings. The fraction of sp³-hybridized carbons (Fsp3) is 0.571. The number of amides is 2. The monoisotopic (exact) mass is 587 g/mol. The quantitative estimate of drug-likeness (QED) is 0.371. The molecule has 2 saturated heterocycles. The normalized spacial score (nSPS) is 29.1. The number of aryl methyl sites for hydroxylation is 1. The van der Waals surface area contributed by atoms with E-state index in [4.69, 9.17) is 0 Å². The zero-order chi connectivity index (χ0) is 31.2. The third kappa shape index (κ3) is 4.19. The van der Waals surface area contributed by atoms with Crippen molar-refractivity contribution in [1.29, 1.82) is 0 Å². The maximum atomic E-state index is 14.5. The molecule has 43 heavy (non-hydrogen) atoms.